The molecule has 0 radical (unpaired) electrons. The van der Waals surface area contributed by atoms with Crippen LogP contribution in [0.15, 0.2) is 0 Å². The van der Waals surface area contributed by atoms with Crippen molar-refractivity contribution < 1.29 is 77.0 Å². The zero-order valence-corrected chi connectivity index (χ0v) is 12.4. The fourth-order valence-corrected chi connectivity index (χ4v) is 0. The summed E-state index contributed by atoms with van der Waals surface area (Å²) in [6.07, 6.45) is 0. The van der Waals surface area contributed by atoms with Crippen LogP contribution in [0.4, 0.5) is 0 Å². The summed E-state index contributed by atoms with van der Waals surface area (Å²) < 4.78 is 35.5. The Kier molecular flexibility index (Phi) is 61.9. The van der Waals surface area contributed by atoms with Gasteiger partial charge in [0, 0.05) is 0 Å². The third-order valence-electron chi connectivity index (χ3n) is 0. The summed E-state index contributed by atoms with van der Waals surface area (Å²) in [6.45, 7) is 0. The second kappa shape index (κ2) is 25.4. The third kappa shape index (κ3) is 69400. The van der Waals surface area contributed by atoms with Gasteiger partial charge in [-0.05, 0) is 0 Å². The van der Waals surface area contributed by atoms with Gasteiger partial charge in [0.15, 0.2) is 0 Å². The van der Waals surface area contributed by atoms with Crippen LogP contribution in [0.25, 0.3) is 0 Å². The molecule has 0 unspecified atom stereocenters. The molecule has 0 fully saturated rings. The smallest absolute Gasteiger partial charge is 0.303 e. The summed E-state index contributed by atoms with van der Waals surface area (Å²) >= 11 is 0. The van der Waals surface area contributed by atoms with E-state index in [1.165, 1.54) is 0 Å². The van der Waals surface area contributed by atoms with Crippen molar-refractivity contribution >= 4 is 31.3 Å². The van der Waals surface area contributed by atoms with Gasteiger partial charge >= 0.3 is 31.3 Å². The fraction of sp³-hybridized carbons (Fsp3) is 1.00. The summed E-state index contributed by atoms with van der Waals surface area (Å²) in [5.74, 6) is 0. The van der Waals surface area contributed by atoms with Crippen molar-refractivity contribution in [2.45, 2.75) is 44.6 Å². The predicted octanol–water partition coefficient (Wildman–Crippen LogP) is 0.102. The summed E-state index contributed by atoms with van der Waals surface area (Å²) in [7, 11) is -18.6. The molecule has 26 heavy (non-hydrogen) atoms. The highest BCUT2D eigenvalue weighted by atomic mass is 31.2. The first-order chi connectivity index (χ1) is 8.00. The molecule has 0 saturated carbocycles. The third-order valence-corrected chi connectivity index (χ3v) is 0. The van der Waals surface area contributed by atoms with Crippen LogP contribution in [0.5, 0.6) is 0 Å². The van der Waals surface area contributed by atoms with Crippen LogP contribution in [-0.2, 0) is 18.3 Å². The molecular weight excluding hydrogens is 452 g/mol. The average Bonchev–Trinajstić information content (AvgIpc) is 1.62. The standard InChI is InChI=1S/6CH4.4H3O4P/c;;;;;;4*1-5(2,3)4/h6*1H4;4*(H3,1,2,3,4). The van der Waals surface area contributed by atoms with Crippen molar-refractivity contribution in [3.8, 4) is 0 Å². The Morgan fingerprint density at radius 1 is 0.269 bits per heavy atom. The highest BCUT2D eigenvalue weighted by molar-refractivity contribution is 7.45. The van der Waals surface area contributed by atoms with Gasteiger partial charge < -0.3 is 58.7 Å². The van der Waals surface area contributed by atoms with E-state index < -0.39 is 31.3 Å². The van der Waals surface area contributed by atoms with Crippen LogP contribution in [0, 0.1) is 0 Å². The summed E-state index contributed by atoms with van der Waals surface area (Å²) in [4.78, 5) is 86.2. The molecule has 0 heterocycles. The minimum Gasteiger partial charge on any atom is -0.303 e. The Hall–Kier alpha value is 0.440. The van der Waals surface area contributed by atoms with Gasteiger partial charge in [-0.15, -0.1) is 0 Å². The molecule has 176 valence electrons. The van der Waals surface area contributed by atoms with E-state index >= 15 is 0 Å². The van der Waals surface area contributed by atoms with Gasteiger partial charge in [0.2, 0.25) is 0 Å². The number of hydrogen-bond donors (Lipinski definition) is 12. The van der Waals surface area contributed by atoms with Crippen LogP contribution in [0.1, 0.15) is 44.6 Å². The van der Waals surface area contributed by atoms with E-state index in [1.807, 2.05) is 0 Å². The van der Waals surface area contributed by atoms with Gasteiger partial charge in [-0.2, -0.15) is 0 Å². The predicted molar refractivity (Wildman–Crippen MR) is 97.4 cm³/mol. The first-order valence-corrected chi connectivity index (χ1v) is 9.39. The molecule has 0 saturated heterocycles. The maximum absolute atomic E-state index is 8.88. The molecule has 0 aliphatic carbocycles. The molecule has 0 atom stereocenters. The minimum absolute atomic E-state index is 0. The summed E-state index contributed by atoms with van der Waals surface area (Å²) in [5.41, 5.74) is 0. The Balaban J connectivity index is -0.0000000152. The summed E-state index contributed by atoms with van der Waals surface area (Å²) in [5, 5.41) is 0. The van der Waals surface area contributed by atoms with E-state index in [0.717, 1.165) is 0 Å². The normalized spacial score (nSPS) is 9.08. The van der Waals surface area contributed by atoms with Crippen LogP contribution in [0.2, 0.25) is 0 Å². The quantitative estimate of drug-likeness (QED) is 0.201. The van der Waals surface area contributed by atoms with Gasteiger partial charge in [0.25, 0.3) is 0 Å². The molecule has 0 aromatic carbocycles. The first kappa shape index (κ1) is 63.3. The van der Waals surface area contributed by atoms with E-state index in [2.05, 4.69) is 0 Å². The number of hydrogen-bond acceptors (Lipinski definition) is 4. The van der Waals surface area contributed by atoms with Crippen molar-refractivity contribution in [2.24, 2.45) is 0 Å². The van der Waals surface area contributed by atoms with E-state index in [1.54, 1.807) is 0 Å². The second-order valence-corrected chi connectivity index (χ2v) is 6.16. The molecule has 0 aliphatic heterocycles. The number of rotatable bonds is 0. The van der Waals surface area contributed by atoms with Crippen LogP contribution in [0.3, 0.4) is 0 Å². The van der Waals surface area contributed by atoms with E-state index in [0.29, 0.717) is 0 Å². The lowest BCUT2D eigenvalue weighted by Gasteiger charge is -1.82. The molecular formula is C6H36O16P4. The van der Waals surface area contributed by atoms with Crippen molar-refractivity contribution in [1.29, 1.82) is 0 Å². The van der Waals surface area contributed by atoms with Crippen molar-refractivity contribution in [3.63, 3.8) is 0 Å². The molecule has 0 rings (SSSR count). The van der Waals surface area contributed by atoms with Gasteiger partial charge in [0.1, 0.15) is 0 Å². The zero-order chi connectivity index (χ0) is 18.0. The van der Waals surface area contributed by atoms with Crippen molar-refractivity contribution in [3.05, 3.63) is 0 Å². The minimum atomic E-state index is -4.64. The van der Waals surface area contributed by atoms with E-state index in [9.17, 15) is 0 Å². The number of phosphoric acid groups is 4. The van der Waals surface area contributed by atoms with Crippen LogP contribution in [-0.4, -0.2) is 58.7 Å². The highest BCUT2D eigenvalue weighted by Gasteiger charge is 2.01. The molecule has 0 bridgehead atoms. The topological polar surface area (TPSA) is 311 Å². The molecule has 12 N–H and O–H groups in total. The Morgan fingerprint density at radius 3 is 0.269 bits per heavy atom. The highest BCUT2D eigenvalue weighted by Crippen LogP contribution is 2.27. The SMILES string of the molecule is C.C.C.C.C.C.O=P(O)(O)O.O=P(O)(O)O.O=P(O)(O)O.O=P(O)(O)O. The monoisotopic (exact) mass is 488 g/mol. The average molecular weight is 488 g/mol. The lowest BCUT2D eigenvalue weighted by atomic mass is 12.0. The molecule has 0 amide bonds. The molecule has 0 spiro atoms. The van der Waals surface area contributed by atoms with Crippen LogP contribution >= 0.6 is 31.3 Å². The van der Waals surface area contributed by atoms with E-state index in [-0.39, 0.29) is 44.6 Å². The lowest BCUT2D eigenvalue weighted by Crippen LogP contribution is -1.66. The maximum Gasteiger partial charge on any atom is 0.466 e. The van der Waals surface area contributed by atoms with Gasteiger partial charge in [0.05, 0.1) is 0 Å². The van der Waals surface area contributed by atoms with Crippen molar-refractivity contribution in [2.75, 3.05) is 0 Å². The lowest BCUT2D eigenvalue weighted by molar-refractivity contribution is 0.272. The summed E-state index contributed by atoms with van der Waals surface area (Å²) in [6, 6.07) is 0. The molecule has 0 aromatic heterocycles. The Morgan fingerprint density at radius 2 is 0.269 bits per heavy atom. The second-order valence-electron chi connectivity index (χ2n) is 2.05. The van der Waals surface area contributed by atoms with Gasteiger partial charge in [-0.3, -0.25) is 0 Å². The molecule has 0 aliphatic rings. The Labute approximate surface area is 153 Å². The van der Waals surface area contributed by atoms with Gasteiger partial charge in [-0.25, -0.2) is 18.3 Å². The molecule has 20 heteroatoms. The van der Waals surface area contributed by atoms with Crippen LogP contribution < -0.4 is 0 Å². The van der Waals surface area contributed by atoms with Gasteiger partial charge in [-0.1, -0.05) is 44.6 Å². The zero-order valence-electron chi connectivity index (χ0n) is 8.79. The molecule has 16 nitrogen and oxygen atoms in total. The Bertz CT molecular complexity index is 299. The van der Waals surface area contributed by atoms with Crippen molar-refractivity contribution in [1.82, 2.24) is 0 Å². The maximum atomic E-state index is 8.88. The first-order valence-electron chi connectivity index (χ1n) is 3.13. The molecule has 0 aromatic rings. The van der Waals surface area contributed by atoms with E-state index in [4.69, 9.17) is 77.0 Å². The largest absolute Gasteiger partial charge is 0.466 e. The fourth-order valence-electron chi connectivity index (χ4n) is 0.